The summed E-state index contributed by atoms with van der Waals surface area (Å²) in [6.07, 6.45) is 11.9. The standard InChI is InChI=1S/C32H31FN10O2/c1-32(30(45)38-24-4-5-26-25(15-24)29(40-39-26)22-3-6-27(33)36-16-22)9-14-41(20-32)19-28(44)42-12-7-21(8-13-42)23-17-37-43(18-23)31-34-10-2-11-35-31/h2-7,10-11,15-18H,8-9,12-14,19-20H2,1H3,(H,38,45)(H,39,40). The number of benzene rings is 1. The molecule has 1 saturated heterocycles. The number of fused-ring (bicyclic) bond motifs is 1. The highest BCUT2D eigenvalue weighted by molar-refractivity contribution is 6.00. The molecule has 12 nitrogen and oxygen atoms in total. The van der Waals surface area contributed by atoms with Gasteiger partial charge >= 0.3 is 0 Å². The molecule has 1 aromatic carbocycles. The van der Waals surface area contributed by atoms with Crippen molar-refractivity contribution in [3.8, 4) is 17.2 Å². The maximum atomic E-state index is 13.5. The highest BCUT2D eigenvalue weighted by Gasteiger charge is 2.41. The molecule has 1 unspecified atom stereocenters. The van der Waals surface area contributed by atoms with E-state index in [2.05, 4.69) is 46.5 Å². The molecule has 5 aromatic rings. The summed E-state index contributed by atoms with van der Waals surface area (Å²) in [5.74, 6) is -0.0984. The van der Waals surface area contributed by atoms with Crippen LogP contribution in [0.25, 0.3) is 33.7 Å². The van der Waals surface area contributed by atoms with E-state index in [0.29, 0.717) is 55.5 Å². The summed E-state index contributed by atoms with van der Waals surface area (Å²) in [6, 6.07) is 10.2. The number of nitrogens with zero attached hydrogens (tertiary/aromatic N) is 8. The van der Waals surface area contributed by atoms with Gasteiger partial charge in [0.15, 0.2) is 0 Å². The average Bonchev–Trinajstić information content (AvgIpc) is 3.81. The van der Waals surface area contributed by atoms with E-state index in [4.69, 9.17) is 0 Å². The number of amides is 2. The Morgan fingerprint density at radius 1 is 1.07 bits per heavy atom. The number of carbonyl (C=O) groups is 2. The summed E-state index contributed by atoms with van der Waals surface area (Å²) in [7, 11) is 0. The lowest BCUT2D eigenvalue weighted by atomic mass is 9.88. The highest BCUT2D eigenvalue weighted by Crippen LogP contribution is 2.33. The van der Waals surface area contributed by atoms with Crippen LogP contribution in [0.4, 0.5) is 10.1 Å². The van der Waals surface area contributed by atoms with Crippen LogP contribution in [0.3, 0.4) is 0 Å². The van der Waals surface area contributed by atoms with Gasteiger partial charge in [-0.25, -0.2) is 19.6 Å². The zero-order valence-electron chi connectivity index (χ0n) is 24.7. The molecule has 2 N–H and O–H groups in total. The van der Waals surface area contributed by atoms with Gasteiger partial charge < -0.3 is 10.2 Å². The summed E-state index contributed by atoms with van der Waals surface area (Å²) < 4.78 is 15.0. The molecule has 4 aromatic heterocycles. The van der Waals surface area contributed by atoms with Gasteiger partial charge in [0.25, 0.3) is 0 Å². The monoisotopic (exact) mass is 606 g/mol. The van der Waals surface area contributed by atoms with Crippen LogP contribution >= 0.6 is 0 Å². The molecule has 228 valence electrons. The molecule has 0 bridgehead atoms. The minimum atomic E-state index is -0.646. The summed E-state index contributed by atoms with van der Waals surface area (Å²) in [6.45, 7) is 4.50. The molecule has 0 radical (unpaired) electrons. The Morgan fingerprint density at radius 3 is 2.71 bits per heavy atom. The second-order valence-corrected chi connectivity index (χ2v) is 11.7. The Morgan fingerprint density at radius 2 is 1.93 bits per heavy atom. The van der Waals surface area contributed by atoms with Crippen molar-refractivity contribution in [2.24, 2.45) is 5.41 Å². The largest absolute Gasteiger partial charge is 0.338 e. The molecule has 0 saturated carbocycles. The van der Waals surface area contributed by atoms with Crippen LogP contribution in [-0.2, 0) is 9.59 Å². The number of nitrogens with one attached hydrogen (secondary N) is 2. The third-order valence-electron chi connectivity index (χ3n) is 8.55. The Balaban J connectivity index is 0.950. The van der Waals surface area contributed by atoms with Crippen molar-refractivity contribution in [2.75, 3.05) is 38.0 Å². The predicted molar refractivity (Wildman–Crippen MR) is 165 cm³/mol. The number of halogens is 1. The lowest BCUT2D eigenvalue weighted by Crippen LogP contribution is -2.43. The average molecular weight is 607 g/mol. The minimum absolute atomic E-state index is 0.0524. The first-order valence-corrected chi connectivity index (χ1v) is 14.8. The first-order valence-electron chi connectivity index (χ1n) is 14.8. The van der Waals surface area contributed by atoms with Crippen LogP contribution in [-0.4, -0.2) is 89.3 Å². The van der Waals surface area contributed by atoms with Crippen molar-refractivity contribution >= 4 is 34.0 Å². The second-order valence-electron chi connectivity index (χ2n) is 11.7. The zero-order valence-corrected chi connectivity index (χ0v) is 24.7. The van der Waals surface area contributed by atoms with Crippen molar-refractivity contribution in [2.45, 2.75) is 19.8 Å². The van der Waals surface area contributed by atoms with Crippen molar-refractivity contribution in [3.05, 3.63) is 85.0 Å². The molecular formula is C32H31FN10O2. The van der Waals surface area contributed by atoms with E-state index in [9.17, 15) is 14.0 Å². The van der Waals surface area contributed by atoms with Crippen LogP contribution in [0.1, 0.15) is 25.3 Å². The minimum Gasteiger partial charge on any atom is -0.338 e. The molecule has 13 heteroatoms. The summed E-state index contributed by atoms with van der Waals surface area (Å²) in [4.78, 5) is 42.8. The van der Waals surface area contributed by atoms with Gasteiger partial charge in [-0.3, -0.25) is 19.6 Å². The van der Waals surface area contributed by atoms with E-state index in [-0.39, 0.29) is 18.4 Å². The Labute approximate surface area is 258 Å². The number of likely N-dealkylation sites (tertiary alicyclic amines) is 1. The van der Waals surface area contributed by atoms with Gasteiger partial charge in [-0.1, -0.05) is 6.08 Å². The molecule has 45 heavy (non-hydrogen) atoms. The quantitative estimate of drug-likeness (QED) is 0.268. The van der Waals surface area contributed by atoms with Crippen LogP contribution in [0.5, 0.6) is 0 Å². The van der Waals surface area contributed by atoms with Crippen molar-refractivity contribution in [3.63, 3.8) is 0 Å². The smallest absolute Gasteiger partial charge is 0.250 e. The number of hydrogen-bond acceptors (Lipinski definition) is 8. The van der Waals surface area contributed by atoms with E-state index in [0.717, 1.165) is 28.5 Å². The molecule has 0 spiro atoms. The number of H-pyrrole nitrogens is 1. The van der Waals surface area contributed by atoms with Crippen LogP contribution in [0.15, 0.2) is 73.5 Å². The number of rotatable bonds is 7. The van der Waals surface area contributed by atoms with Crippen molar-refractivity contribution < 1.29 is 14.0 Å². The molecule has 7 rings (SSSR count). The summed E-state index contributed by atoms with van der Waals surface area (Å²) in [5, 5.41) is 15.6. The van der Waals surface area contributed by atoms with Crippen molar-refractivity contribution in [1.29, 1.82) is 0 Å². The van der Waals surface area contributed by atoms with Gasteiger partial charge in [0.2, 0.25) is 23.7 Å². The molecule has 2 aliphatic rings. The van der Waals surface area contributed by atoms with E-state index in [1.165, 1.54) is 12.3 Å². The molecule has 2 amide bonds. The molecule has 2 aliphatic heterocycles. The number of hydrogen-bond donors (Lipinski definition) is 2. The lowest BCUT2D eigenvalue weighted by Gasteiger charge is -2.29. The maximum absolute atomic E-state index is 13.5. The third kappa shape index (κ3) is 5.81. The lowest BCUT2D eigenvalue weighted by molar-refractivity contribution is -0.132. The first kappa shape index (κ1) is 28.5. The molecule has 6 heterocycles. The number of pyridine rings is 1. The fourth-order valence-electron chi connectivity index (χ4n) is 5.94. The molecule has 0 aliphatic carbocycles. The summed E-state index contributed by atoms with van der Waals surface area (Å²) in [5.41, 5.74) is 4.21. The van der Waals surface area contributed by atoms with Crippen molar-refractivity contribution in [1.82, 2.24) is 44.7 Å². The Hall–Kier alpha value is -5.30. The summed E-state index contributed by atoms with van der Waals surface area (Å²) >= 11 is 0. The third-order valence-corrected chi connectivity index (χ3v) is 8.55. The maximum Gasteiger partial charge on any atom is 0.250 e. The van der Waals surface area contributed by atoms with Gasteiger partial charge in [-0.05, 0) is 68.3 Å². The van der Waals surface area contributed by atoms with Gasteiger partial charge in [-0.15, -0.1) is 0 Å². The molecular weight excluding hydrogens is 575 g/mol. The van der Waals surface area contributed by atoms with E-state index in [1.54, 1.807) is 35.4 Å². The van der Waals surface area contributed by atoms with Gasteiger partial charge in [0.05, 0.1) is 23.7 Å². The normalized spacial score (nSPS) is 18.7. The van der Waals surface area contributed by atoms with Gasteiger partial charge in [-0.2, -0.15) is 14.6 Å². The van der Waals surface area contributed by atoms with Crippen LogP contribution < -0.4 is 5.32 Å². The van der Waals surface area contributed by atoms with Gasteiger partial charge in [0, 0.05) is 66.6 Å². The van der Waals surface area contributed by atoms with Gasteiger partial charge in [0.1, 0.15) is 5.69 Å². The predicted octanol–water partition coefficient (Wildman–Crippen LogP) is 3.71. The van der Waals surface area contributed by atoms with E-state index in [1.807, 2.05) is 36.2 Å². The Bertz CT molecular complexity index is 1900. The van der Waals surface area contributed by atoms with E-state index >= 15 is 0 Å². The topological polar surface area (TPSA) is 138 Å². The second kappa shape index (κ2) is 11.7. The Kier molecular flexibility index (Phi) is 7.37. The number of aromatic amines is 1. The number of carbonyl (C=O) groups excluding carboxylic acids is 2. The van der Waals surface area contributed by atoms with E-state index < -0.39 is 11.4 Å². The molecule has 1 atom stereocenters. The zero-order chi connectivity index (χ0) is 31.0. The fraction of sp³-hybridized carbons (Fsp3) is 0.281. The van der Waals surface area contributed by atoms with Crippen LogP contribution in [0, 0.1) is 11.4 Å². The first-order chi connectivity index (χ1) is 21.8. The number of aromatic nitrogens is 7. The SMILES string of the molecule is CC1(C(=O)Nc2ccc3[nH]nc(-c4ccc(F)nc4)c3c2)CCN(CC(=O)N2CC=C(c3cnn(-c4ncccn4)c3)CC2)C1. The highest BCUT2D eigenvalue weighted by atomic mass is 19.1. The van der Waals surface area contributed by atoms with Crippen LogP contribution in [0.2, 0.25) is 0 Å². The fourth-order valence-corrected chi connectivity index (χ4v) is 5.94. The number of anilines is 1. The molecule has 1 fully saturated rings.